The fraction of sp³-hybridized carbons (Fsp3) is 0.536. The van der Waals surface area contributed by atoms with E-state index in [1.165, 1.54) is 31.2 Å². The first-order valence-corrected chi connectivity index (χ1v) is 12.2. The van der Waals surface area contributed by atoms with Gasteiger partial charge in [0.05, 0.1) is 31.5 Å². The zero-order valence-corrected chi connectivity index (χ0v) is 19.4. The van der Waals surface area contributed by atoms with Crippen LogP contribution in [0, 0.1) is 17.2 Å². The van der Waals surface area contributed by atoms with Gasteiger partial charge in [-0.3, -0.25) is 0 Å². The van der Waals surface area contributed by atoms with E-state index in [-0.39, 0.29) is 6.29 Å². The van der Waals surface area contributed by atoms with Crippen molar-refractivity contribution in [1.82, 2.24) is 0 Å². The third-order valence-electron chi connectivity index (χ3n) is 6.04. The number of nitrogens with zero attached hydrogens (tertiary/aromatic N) is 1. The molecule has 32 heavy (non-hydrogen) atoms. The molecule has 1 aliphatic heterocycles. The summed E-state index contributed by atoms with van der Waals surface area (Å²) in [5.41, 5.74) is 3.17. The first kappa shape index (κ1) is 24.3. The number of hydrogen-bond acceptors (Lipinski definition) is 4. The highest BCUT2D eigenvalue weighted by Gasteiger charge is 2.22. The van der Waals surface area contributed by atoms with Crippen molar-refractivity contribution in [3.63, 3.8) is 0 Å². The molecular formula is C28H37NO3. The van der Waals surface area contributed by atoms with Crippen LogP contribution in [0.3, 0.4) is 0 Å². The largest absolute Gasteiger partial charge is 0.494 e. The zero-order valence-electron chi connectivity index (χ0n) is 19.4. The van der Waals surface area contributed by atoms with Crippen LogP contribution in [0.4, 0.5) is 0 Å². The van der Waals surface area contributed by atoms with E-state index in [4.69, 9.17) is 19.5 Å². The number of hydrogen-bond donors (Lipinski definition) is 0. The lowest BCUT2D eigenvalue weighted by Gasteiger charge is -2.29. The third kappa shape index (κ3) is 8.65. The predicted octanol–water partition coefficient (Wildman–Crippen LogP) is 6.46. The third-order valence-corrected chi connectivity index (χ3v) is 6.04. The van der Waals surface area contributed by atoms with Crippen molar-refractivity contribution in [2.45, 2.75) is 71.0 Å². The van der Waals surface area contributed by atoms with Gasteiger partial charge in [0.1, 0.15) is 5.75 Å². The summed E-state index contributed by atoms with van der Waals surface area (Å²) in [5, 5.41) is 8.89. The summed E-state index contributed by atoms with van der Waals surface area (Å²) in [5.74, 6) is 1.44. The highest BCUT2D eigenvalue weighted by Crippen LogP contribution is 2.21. The van der Waals surface area contributed by atoms with Crippen LogP contribution in [-0.2, 0) is 22.3 Å². The molecule has 0 radical (unpaired) electrons. The molecule has 2 aromatic rings. The molecule has 0 aromatic heterocycles. The van der Waals surface area contributed by atoms with Gasteiger partial charge in [-0.15, -0.1) is 0 Å². The molecular weight excluding hydrogens is 398 g/mol. The number of ether oxygens (including phenoxy) is 3. The Morgan fingerprint density at radius 3 is 2.25 bits per heavy atom. The van der Waals surface area contributed by atoms with Gasteiger partial charge >= 0.3 is 0 Å². The molecule has 1 aliphatic rings. The Hall–Kier alpha value is -2.35. The Kier molecular flexibility index (Phi) is 10.6. The summed E-state index contributed by atoms with van der Waals surface area (Å²) in [7, 11) is 0. The van der Waals surface area contributed by atoms with Crippen molar-refractivity contribution >= 4 is 0 Å². The summed E-state index contributed by atoms with van der Waals surface area (Å²) in [6, 6.07) is 18.3. The lowest BCUT2D eigenvalue weighted by atomic mass is 10.00. The van der Waals surface area contributed by atoms with Gasteiger partial charge in [0, 0.05) is 12.3 Å². The first-order chi connectivity index (χ1) is 15.8. The van der Waals surface area contributed by atoms with Crippen molar-refractivity contribution in [3.8, 4) is 11.8 Å². The Labute approximate surface area is 193 Å². The van der Waals surface area contributed by atoms with Gasteiger partial charge in [0.25, 0.3) is 0 Å². The van der Waals surface area contributed by atoms with E-state index >= 15 is 0 Å². The quantitative estimate of drug-likeness (QED) is 0.339. The van der Waals surface area contributed by atoms with E-state index in [1.54, 1.807) is 0 Å². The highest BCUT2D eigenvalue weighted by atomic mass is 16.7. The first-order valence-electron chi connectivity index (χ1n) is 12.2. The Morgan fingerprint density at radius 2 is 1.56 bits per heavy atom. The van der Waals surface area contributed by atoms with Crippen molar-refractivity contribution < 1.29 is 14.2 Å². The second-order valence-electron chi connectivity index (χ2n) is 8.77. The summed E-state index contributed by atoms with van der Waals surface area (Å²) >= 11 is 0. The second kappa shape index (κ2) is 13.9. The molecule has 3 rings (SSSR count). The summed E-state index contributed by atoms with van der Waals surface area (Å²) in [6.07, 6.45) is 10.2. The minimum Gasteiger partial charge on any atom is -0.494 e. The molecule has 0 spiro atoms. The lowest BCUT2D eigenvalue weighted by molar-refractivity contribution is -0.200. The Balaban J connectivity index is 1.27. The number of aryl methyl sites for hydroxylation is 1. The molecule has 1 fully saturated rings. The van der Waals surface area contributed by atoms with Gasteiger partial charge in [-0.1, -0.05) is 56.9 Å². The van der Waals surface area contributed by atoms with Crippen molar-refractivity contribution in [1.29, 1.82) is 5.26 Å². The minimum atomic E-state index is -0.182. The average Bonchev–Trinajstić information content (AvgIpc) is 2.84. The van der Waals surface area contributed by atoms with Crippen molar-refractivity contribution in [2.24, 2.45) is 5.92 Å². The maximum absolute atomic E-state index is 8.89. The fourth-order valence-electron chi connectivity index (χ4n) is 4.02. The van der Waals surface area contributed by atoms with Crippen LogP contribution in [0.5, 0.6) is 5.75 Å². The molecule has 0 bridgehead atoms. The number of benzene rings is 2. The van der Waals surface area contributed by atoms with E-state index in [0.717, 1.165) is 63.2 Å². The standard InChI is InChI=1S/C28H37NO3/c1-2-3-4-5-6-18-30-27-16-14-23(15-17-27)8-7-9-26-21-31-28(32-22-26)19-24-10-12-25(20-29)13-11-24/h10-17,26,28H,2-9,18-19,21-22H2,1H3. The summed E-state index contributed by atoms with van der Waals surface area (Å²) in [6.45, 7) is 4.57. The minimum absolute atomic E-state index is 0.182. The molecule has 0 saturated carbocycles. The van der Waals surface area contributed by atoms with Gasteiger partial charge in [-0.25, -0.2) is 0 Å². The van der Waals surface area contributed by atoms with Crippen LogP contribution in [0.2, 0.25) is 0 Å². The van der Waals surface area contributed by atoms with E-state index in [0.29, 0.717) is 11.5 Å². The van der Waals surface area contributed by atoms with Crippen LogP contribution in [0.15, 0.2) is 48.5 Å². The van der Waals surface area contributed by atoms with Gasteiger partial charge in [-0.2, -0.15) is 5.26 Å². The molecule has 4 nitrogen and oxygen atoms in total. The van der Waals surface area contributed by atoms with Gasteiger partial charge < -0.3 is 14.2 Å². The number of nitriles is 1. The molecule has 1 heterocycles. The van der Waals surface area contributed by atoms with Crippen LogP contribution in [-0.4, -0.2) is 26.1 Å². The molecule has 1 saturated heterocycles. The maximum Gasteiger partial charge on any atom is 0.161 e. The number of unbranched alkanes of at least 4 members (excludes halogenated alkanes) is 4. The van der Waals surface area contributed by atoms with E-state index < -0.39 is 0 Å². The van der Waals surface area contributed by atoms with E-state index in [2.05, 4.69) is 37.3 Å². The normalized spacial score (nSPS) is 18.2. The fourth-order valence-corrected chi connectivity index (χ4v) is 4.02. The molecule has 0 unspecified atom stereocenters. The Bertz CT molecular complexity index is 802. The SMILES string of the molecule is CCCCCCCOc1ccc(CCCC2COC(Cc3ccc(C#N)cc3)OC2)cc1. The van der Waals surface area contributed by atoms with E-state index in [9.17, 15) is 0 Å². The monoisotopic (exact) mass is 435 g/mol. The number of rotatable bonds is 13. The smallest absolute Gasteiger partial charge is 0.161 e. The van der Waals surface area contributed by atoms with Crippen LogP contribution >= 0.6 is 0 Å². The zero-order chi connectivity index (χ0) is 22.4. The second-order valence-corrected chi connectivity index (χ2v) is 8.77. The van der Waals surface area contributed by atoms with E-state index in [1.807, 2.05) is 24.3 Å². The molecule has 4 heteroatoms. The molecule has 0 aliphatic carbocycles. The van der Waals surface area contributed by atoms with Crippen LogP contribution in [0.1, 0.15) is 68.6 Å². The summed E-state index contributed by atoms with van der Waals surface area (Å²) in [4.78, 5) is 0. The molecule has 172 valence electrons. The Morgan fingerprint density at radius 1 is 0.875 bits per heavy atom. The summed E-state index contributed by atoms with van der Waals surface area (Å²) < 4.78 is 17.7. The highest BCUT2D eigenvalue weighted by molar-refractivity contribution is 5.31. The van der Waals surface area contributed by atoms with Gasteiger partial charge in [0.2, 0.25) is 0 Å². The molecule has 0 atom stereocenters. The molecule has 2 aromatic carbocycles. The van der Waals surface area contributed by atoms with Crippen molar-refractivity contribution in [2.75, 3.05) is 19.8 Å². The van der Waals surface area contributed by atoms with Crippen LogP contribution < -0.4 is 4.74 Å². The lowest BCUT2D eigenvalue weighted by Crippen LogP contribution is -2.33. The van der Waals surface area contributed by atoms with Crippen LogP contribution in [0.25, 0.3) is 0 Å². The molecule has 0 N–H and O–H groups in total. The predicted molar refractivity (Wildman–Crippen MR) is 128 cm³/mol. The maximum atomic E-state index is 8.89. The van der Waals surface area contributed by atoms with Gasteiger partial charge in [-0.05, 0) is 61.1 Å². The van der Waals surface area contributed by atoms with Crippen molar-refractivity contribution in [3.05, 3.63) is 65.2 Å². The molecule has 0 amide bonds. The topological polar surface area (TPSA) is 51.5 Å². The average molecular weight is 436 g/mol. The van der Waals surface area contributed by atoms with Gasteiger partial charge in [0.15, 0.2) is 6.29 Å².